The van der Waals surface area contributed by atoms with Crippen molar-refractivity contribution in [1.29, 1.82) is 0 Å². The highest BCUT2D eigenvalue weighted by atomic mass is 14.9. The van der Waals surface area contributed by atoms with Crippen LogP contribution in [0.2, 0.25) is 0 Å². The summed E-state index contributed by atoms with van der Waals surface area (Å²) in [6.45, 7) is 5.87. The van der Waals surface area contributed by atoms with Gasteiger partial charge in [0.2, 0.25) is 0 Å². The van der Waals surface area contributed by atoms with Crippen molar-refractivity contribution in [2.45, 2.75) is 58.4 Å². The molecule has 12 heavy (non-hydrogen) atoms. The zero-order valence-corrected chi connectivity index (χ0v) is 8.60. The molecule has 1 atom stereocenters. The first kappa shape index (κ1) is 10.0. The van der Waals surface area contributed by atoms with Crippen LogP contribution in [0.3, 0.4) is 0 Å². The van der Waals surface area contributed by atoms with Crippen LogP contribution in [0.25, 0.3) is 0 Å². The molecule has 0 spiro atoms. The van der Waals surface area contributed by atoms with E-state index in [0.29, 0.717) is 0 Å². The third kappa shape index (κ3) is 3.57. The quantitative estimate of drug-likeness (QED) is 0.644. The smallest absolute Gasteiger partial charge is 0.00671 e. The van der Waals surface area contributed by atoms with Crippen molar-refractivity contribution in [2.75, 3.05) is 6.54 Å². The van der Waals surface area contributed by atoms with Gasteiger partial charge < -0.3 is 5.32 Å². The number of unbranched alkanes of at least 4 members (excludes halogenated alkanes) is 1. The van der Waals surface area contributed by atoms with E-state index < -0.39 is 0 Å². The van der Waals surface area contributed by atoms with Gasteiger partial charge in [-0.2, -0.15) is 0 Å². The van der Waals surface area contributed by atoms with Gasteiger partial charge in [-0.15, -0.1) is 0 Å². The van der Waals surface area contributed by atoms with E-state index >= 15 is 0 Å². The van der Waals surface area contributed by atoms with E-state index in [2.05, 4.69) is 19.2 Å². The zero-order valence-electron chi connectivity index (χ0n) is 8.60. The Morgan fingerprint density at radius 1 is 1.42 bits per heavy atom. The van der Waals surface area contributed by atoms with Crippen LogP contribution in [-0.4, -0.2) is 12.6 Å². The highest BCUT2D eigenvalue weighted by Crippen LogP contribution is 2.18. The Morgan fingerprint density at radius 2 is 2.17 bits per heavy atom. The molecule has 0 saturated heterocycles. The summed E-state index contributed by atoms with van der Waals surface area (Å²) in [6, 6.07) is 0.870. The van der Waals surface area contributed by atoms with Gasteiger partial charge in [0.25, 0.3) is 0 Å². The molecule has 0 aliphatic heterocycles. The Bertz CT molecular complexity index is 108. The summed E-state index contributed by atoms with van der Waals surface area (Å²) in [7, 11) is 0. The summed E-state index contributed by atoms with van der Waals surface area (Å²) < 4.78 is 0. The van der Waals surface area contributed by atoms with E-state index in [1.807, 2.05) is 0 Å². The zero-order chi connectivity index (χ0) is 8.81. The third-order valence-corrected chi connectivity index (χ3v) is 2.91. The van der Waals surface area contributed by atoms with E-state index in [9.17, 15) is 0 Å². The second-order valence-electron chi connectivity index (χ2n) is 4.28. The van der Waals surface area contributed by atoms with E-state index in [1.54, 1.807) is 0 Å². The molecule has 1 aliphatic rings. The first-order valence-electron chi connectivity index (χ1n) is 5.56. The standard InChI is InChI=1S/C11H23N/c1-3-4-6-10(2)9-12-11-7-5-8-11/h10-12H,3-9H2,1-2H3. The Hall–Kier alpha value is -0.0400. The molecule has 1 rings (SSSR count). The Balaban J connectivity index is 1.90. The van der Waals surface area contributed by atoms with Crippen LogP contribution in [-0.2, 0) is 0 Å². The van der Waals surface area contributed by atoms with Crippen molar-refractivity contribution >= 4 is 0 Å². The van der Waals surface area contributed by atoms with E-state index in [1.165, 1.54) is 45.1 Å². The van der Waals surface area contributed by atoms with Crippen LogP contribution in [0, 0.1) is 5.92 Å². The van der Waals surface area contributed by atoms with Gasteiger partial charge in [-0.3, -0.25) is 0 Å². The Kier molecular flexibility index (Phi) is 4.67. The lowest BCUT2D eigenvalue weighted by Gasteiger charge is -2.28. The van der Waals surface area contributed by atoms with Crippen molar-refractivity contribution in [1.82, 2.24) is 5.32 Å². The number of rotatable bonds is 6. The van der Waals surface area contributed by atoms with Gasteiger partial charge >= 0.3 is 0 Å². The molecular weight excluding hydrogens is 146 g/mol. The van der Waals surface area contributed by atoms with Gasteiger partial charge in [0.1, 0.15) is 0 Å². The third-order valence-electron chi connectivity index (χ3n) is 2.91. The second-order valence-corrected chi connectivity index (χ2v) is 4.28. The van der Waals surface area contributed by atoms with E-state index in [4.69, 9.17) is 0 Å². The van der Waals surface area contributed by atoms with Crippen molar-refractivity contribution in [3.63, 3.8) is 0 Å². The molecule has 0 bridgehead atoms. The van der Waals surface area contributed by atoms with Crippen LogP contribution in [0.1, 0.15) is 52.4 Å². The molecule has 72 valence electrons. The molecule has 1 unspecified atom stereocenters. The maximum absolute atomic E-state index is 3.63. The van der Waals surface area contributed by atoms with Crippen LogP contribution in [0.4, 0.5) is 0 Å². The minimum atomic E-state index is 0.870. The van der Waals surface area contributed by atoms with Gasteiger partial charge in [0.15, 0.2) is 0 Å². The fourth-order valence-corrected chi connectivity index (χ4v) is 1.63. The Morgan fingerprint density at radius 3 is 2.67 bits per heavy atom. The van der Waals surface area contributed by atoms with Crippen LogP contribution < -0.4 is 5.32 Å². The predicted molar refractivity (Wildman–Crippen MR) is 54.3 cm³/mol. The molecule has 1 N–H and O–H groups in total. The topological polar surface area (TPSA) is 12.0 Å². The van der Waals surface area contributed by atoms with Crippen molar-refractivity contribution in [3.8, 4) is 0 Å². The molecule has 0 radical (unpaired) electrons. The number of nitrogens with one attached hydrogen (secondary N) is 1. The maximum atomic E-state index is 3.63. The van der Waals surface area contributed by atoms with Crippen molar-refractivity contribution in [3.05, 3.63) is 0 Å². The number of hydrogen-bond donors (Lipinski definition) is 1. The maximum Gasteiger partial charge on any atom is 0.00671 e. The van der Waals surface area contributed by atoms with E-state index in [0.717, 1.165) is 12.0 Å². The molecule has 0 aromatic rings. The van der Waals surface area contributed by atoms with Gasteiger partial charge in [-0.05, 0) is 31.7 Å². The molecular formula is C11H23N. The SMILES string of the molecule is CCCCC(C)CNC1CCC1. The molecule has 0 heterocycles. The average Bonchev–Trinajstić information content (AvgIpc) is 1.98. The van der Waals surface area contributed by atoms with Gasteiger partial charge in [0, 0.05) is 6.04 Å². The fraction of sp³-hybridized carbons (Fsp3) is 1.00. The summed E-state index contributed by atoms with van der Waals surface area (Å²) in [5.74, 6) is 0.880. The molecule has 1 saturated carbocycles. The minimum absolute atomic E-state index is 0.870. The summed E-state index contributed by atoms with van der Waals surface area (Å²) in [5, 5.41) is 3.63. The Labute approximate surface area is 76.9 Å². The summed E-state index contributed by atoms with van der Waals surface area (Å²) >= 11 is 0. The molecule has 1 nitrogen and oxygen atoms in total. The molecule has 0 aromatic heterocycles. The van der Waals surface area contributed by atoms with Crippen LogP contribution in [0.5, 0.6) is 0 Å². The van der Waals surface area contributed by atoms with Gasteiger partial charge in [0.05, 0.1) is 0 Å². The van der Waals surface area contributed by atoms with Crippen LogP contribution in [0.15, 0.2) is 0 Å². The summed E-state index contributed by atoms with van der Waals surface area (Å²) in [5.41, 5.74) is 0. The van der Waals surface area contributed by atoms with Crippen molar-refractivity contribution in [2.24, 2.45) is 5.92 Å². The van der Waals surface area contributed by atoms with Crippen molar-refractivity contribution < 1.29 is 0 Å². The number of hydrogen-bond acceptors (Lipinski definition) is 1. The predicted octanol–water partition coefficient (Wildman–Crippen LogP) is 2.95. The molecule has 0 amide bonds. The first-order chi connectivity index (χ1) is 5.83. The summed E-state index contributed by atoms with van der Waals surface area (Å²) in [4.78, 5) is 0. The molecule has 1 fully saturated rings. The molecule has 1 heteroatoms. The second kappa shape index (κ2) is 5.58. The first-order valence-corrected chi connectivity index (χ1v) is 5.56. The lowest BCUT2D eigenvalue weighted by molar-refractivity contribution is 0.315. The summed E-state index contributed by atoms with van der Waals surface area (Å²) in [6.07, 6.45) is 8.42. The average molecular weight is 169 g/mol. The monoisotopic (exact) mass is 169 g/mol. The fourth-order valence-electron chi connectivity index (χ4n) is 1.63. The van der Waals surface area contributed by atoms with Gasteiger partial charge in [-0.25, -0.2) is 0 Å². The van der Waals surface area contributed by atoms with Crippen LogP contribution >= 0.6 is 0 Å². The molecule has 0 aromatic carbocycles. The lowest BCUT2D eigenvalue weighted by Crippen LogP contribution is -2.37. The highest BCUT2D eigenvalue weighted by molar-refractivity contribution is 4.76. The minimum Gasteiger partial charge on any atom is -0.314 e. The molecule has 1 aliphatic carbocycles. The largest absolute Gasteiger partial charge is 0.314 e. The normalized spacial score (nSPS) is 20.5. The van der Waals surface area contributed by atoms with Gasteiger partial charge in [-0.1, -0.05) is 33.1 Å². The van der Waals surface area contributed by atoms with E-state index in [-0.39, 0.29) is 0 Å². The highest BCUT2D eigenvalue weighted by Gasteiger charge is 2.16. The lowest BCUT2D eigenvalue weighted by atomic mass is 9.92.